The maximum Gasteiger partial charge on any atom is 0.411 e. The minimum atomic E-state index is -0.908. The molecule has 0 unspecified atom stereocenters. The Hall–Kier alpha value is -3.53. The second-order valence-electron chi connectivity index (χ2n) is 7.66. The Morgan fingerprint density at radius 3 is 2.84 bits per heavy atom. The summed E-state index contributed by atoms with van der Waals surface area (Å²) in [5, 5.41) is 13.5. The molecule has 1 aliphatic rings. The molecule has 6 nitrogen and oxygen atoms in total. The summed E-state index contributed by atoms with van der Waals surface area (Å²) >= 11 is 0. The molecule has 0 radical (unpaired) electrons. The second-order valence-corrected chi connectivity index (χ2v) is 7.66. The van der Waals surface area contributed by atoms with Crippen molar-refractivity contribution in [1.82, 2.24) is 4.57 Å². The number of hydrogen-bond acceptors (Lipinski definition) is 4. The second kappa shape index (κ2) is 9.09. The molecule has 7 heteroatoms. The Labute approximate surface area is 180 Å². The third kappa shape index (κ3) is 4.48. The van der Waals surface area contributed by atoms with E-state index in [2.05, 4.69) is 16.0 Å². The van der Waals surface area contributed by atoms with Gasteiger partial charge in [0.2, 0.25) is 6.86 Å². The summed E-state index contributed by atoms with van der Waals surface area (Å²) in [6.07, 6.45) is 2.53. The number of carbonyl (C=O) groups is 1. The quantitative estimate of drug-likeness (QED) is 0.495. The number of hydrogen-bond donors (Lipinski definition) is 1. The van der Waals surface area contributed by atoms with E-state index in [1.807, 2.05) is 25.1 Å². The average molecular weight is 421 g/mol. The SMILES string of the molecule is CCCOC(=O)Nc1cccc(-c2c(C#N)c3ccc(OCF)cc3n2CC2CC2)c1. The van der Waals surface area contributed by atoms with Crippen LogP contribution in [0.4, 0.5) is 14.9 Å². The molecular weight excluding hydrogens is 397 g/mol. The van der Waals surface area contributed by atoms with Crippen LogP contribution in [0.3, 0.4) is 0 Å². The third-order valence-corrected chi connectivity index (χ3v) is 5.33. The molecule has 0 spiro atoms. The first-order valence-electron chi connectivity index (χ1n) is 10.4. The number of ether oxygens (including phenoxy) is 2. The van der Waals surface area contributed by atoms with Gasteiger partial charge in [-0.25, -0.2) is 9.18 Å². The van der Waals surface area contributed by atoms with Crippen LogP contribution in [-0.4, -0.2) is 24.1 Å². The number of benzene rings is 2. The molecule has 1 fully saturated rings. The van der Waals surface area contributed by atoms with Crippen molar-refractivity contribution in [3.05, 3.63) is 48.0 Å². The van der Waals surface area contributed by atoms with Gasteiger partial charge >= 0.3 is 6.09 Å². The summed E-state index contributed by atoms with van der Waals surface area (Å²) in [7, 11) is 0. The summed E-state index contributed by atoms with van der Waals surface area (Å²) in [6, 6.07) is 15.0. The molecule has 1 aromatic heterocycles. The van der Waals surface area contributed by atoms with Crippen molar-refractivity contribution in [2.45, 2.75) is 32.7 Å². The van der Waals surface area contributed by atoms with Crippen molar-refractivity contribution >= 4 is 22.7 Å². The minimum absolute atomic E-state index is 0.350. The van der Waals surface area contributed by atoms with Crippen LogP contribution in [0.25, 0.3) is 22.2 Å². The Morgan fingerprint density at radius 2 is 2.13 bits per heavy atom. The highest BCUT2D eigenvalue weighted by molar-refractivity contribution is 5.96. The van der Waals surface area contributed by atoms with Crippen LogP contribution < -0.4 is 10.1 Å². The van der Waals surface area contributed by atoms with Crippen LogP contribution in [0.5, 0.6) is 5.75 Å². The van der Waals surface area contributed by atoms with E-state index < -0.39 is 13.0 Å². The number of anilines is 1. The van der Waals surface area contributed by atoms with Crippen molar-refractivity contribution in [2.75, 3.05) is 18.8 Å². The molecule has 4 rings (SSSR count). The molecule has 1 aliphatic carbocycles. The number of nitrogens with zero attached hydrogens (tertiary/aromatic N) is 2. The van der Waals surface area contributed by atoms with E-state index in [-0.39, 0.29) is 0 Å². The van der Waals surface area contributed by atoms with Crippen LogP contribution in [0.15, 0.2) is 42.5 Å². The van der Waals surface area contributed by atoms with E-state index in [1.165, 1.54) is 0 Å². The highest BCUT2D eigenvalue weighted by atomic mass is 19.1. The van der Waals surface area contributed by atoms with Crippen LogP contribution in [0.1, 0.15) is 31.7 Å². The van der Waals surface area contributed by atoms with Crippen LogP contribution >= 0.6 is 0 Å². The van der Waals surface area contributed by atoms with Crippen molar-refractivity contribution in [1.29, 1.82) is 5.26 Å². The van der Waals surface area contributed by atoms with E-state index in [4.69, 9.17) is 9.47 Å². The first-order chi connectivity index (χ1) is 15.1. The topological polar surface area (TPSA) is 76.3 Å². The molecule has 1 N–H and O–H groups in total. The number of halogens is 1. The Kier molecular flexibility index (Phi) is 6.08. The van der Waals surface area contributed by atoms with E-state index in [0.717, 1.165) is 48.0 Å². The molecule has 1 saturated carbocycles. The van der Waals surface area contributed by atoms with Crippen LogP contribution in [-0.2, 0) is 11.3 Å². The predicted molar refractivity (Wildman–Crippen MR) is 117 cm³/mol. The largest absolute Gasteiger partial charge is 0.463 e. The third-order valence-electron chi connectivity index (χ3n) is 5.33. The zero-order chi connectivity index (χ0) is 21.8. The van der Waals surface area contributed by atoms with Gasteiger partial charge in [-0.2, -0.15) is 5.26 Å². The molecule has 3 aromatic rings. The molecule has 0 bridgehead atoms. The first-order valence-corrected chi connectivity index (χ1v) is 10.4. The lowest BCUT2D eigenvalue weighted by Crippen LogP contribution is -2.14. The lowest BCUT2D eigenvalue weighted by atomic mass is 10.1. The number of rotatable bonds is 8. The van der Waals surface area contributed by atoms with Crippen molar-refractivity contribution in [2.24, 2.45) is 5.92 Å². The van der Waals surface area contributed by atoms with Gasteiger partial charge in [0.15, 0.2) is 0 Å². The zero-order valence-corrected chi connectivity index (χ0v) is 17.4. The maximum atomic E-state index is 12.7. The molecule has 0 aliphatic heterocycles. The molecule has 1 heterocycles. The summed E-state index contributed by atoms with van der Waals surface area (Å²) in [4.78, 5) is 12.0. The lowest BCUT2D eigenvalue weighted by molar-refractivity contribution is 0.161. The fourth-order valence-electron chi connectivity index (χ4n) is 3.74. The van der Waals surface area contributed by atoms with Gasteiger partial charge < -0.3 is 14.0 Å². The van der Waals surface area contributed by atoms with Gasteiger partial charge in [0, 0.05) is 29.2 Å². The summed E-state index contributed by atoms with van der Waals surface area (Å²) in [5.41, 5.74) is 3.58. The predicted octanol–water partition coefficient (Wildman–Crippen LogP) is 5.85. The normalized spacial score (nSPS) is 13.1. The van der Waals surface area contributed by atoms with Gasteiger partial charge in [0.05, 0.1) is 23.4 Å². The number of nitriles is 1. The number of fused-ring (bicyclic) bond motifs is 1. The van der Waals surface area contributed by atoms with Crippen LogP contribution in [0.2, 0.25) is 0 Å². The first kappa shape index (κ1) is 20.7. The molecular formula is C24H24FN3O3. The van der Waals surface area contributed by atoms with Gasteiger partial charge in [-0.3, -0.25) is 5.32 Å². The van der Waals surface area contributed by atoms with Crippen LogP contribution in [0, 0.1) is 17.2 Å². The lowest BCUT2D eigenvalue weighted by Gasteiger charge is -2.13. The number of carbonyl (C=O) groups excluding carboxylic acids is 1. The van der Waals surface area contributed by atoms with Gasteiger partial charge in [-0.05, 0) is 49.4 Å². The number of amides is 1. The summed E-state index contributed by atoms with van der Waals surface area (Å²) in [6.45, 7) is 2.14. The smallest absolute Gasteiger partial charge is 0.411 e. The summed E-state index contributed by atoms with van der Waals surface area (Å²) in [5.74, 6) is 0.978. The van der Waals surface area contributed by atoms with Gasteiger partial charge in [0.1, 0.15) is 11.8 Å². The number of aromatic nitrogens is 1. The Balaban J connectivity index is 1.80. The Morgan fingerprint density at radius 1 is 1.29 bits per heavy atom. The number of alkyl halides is 1. The van der Waals surface area contributed by atoms with Gasteiger partial charge in [-0.15, -0.1) is 0 Å². The molecule has 1 amide bonds. The fourth-order valence-corrected chi connectivity index (χ4v) is 3.74. The highest BCUT2D eigenvalue weighted by Gasteiger charge is 2.27. The van der Waals surface area contributed by atoms with E-state index in [0.29, 0.717) is 29.5 Å². The minimum Gasteiger partial charge on any atom is -0.463 e. The molecule has 31 heavy (non-hydrogen) atoms. The fraction of sp³-hybridized carbons (Fsp3) is 0.333. The molecule has 0 atom stereocenters. The monoisotopic (exact) mass is 421 g/mol. The average Bonchev–Trinajstić information content (AvgIpc) is 3.54. The van der Waals surface area contributed by atoms with E-state index >= 15 is 0 Å². The van der Waals surface area contributed by atoms with E-state index in [9.17, 15) is 14.4 Å². The zero-order valence-electron chi connectivity index (χ0n) is 17.4. The van der Waals surface area contributed by atoms with Crippen molar-refractivity contribution in [3.8, 4) is 23.1 Å². The number of nitrogens with one attached hydrogen (secondary N) is 1. The Bertz CT molecular complexity index is 1140. The molecule has 2 aromatic carbocycles. The molecule has 160 valence electrons. The van der Waals surface area contributed by atoms with Gasteiger partial charge in [-0.1, -0.05) is 19.1 Å². The maximum absolute atomic E-state index is 12.7. The highest BCUT2D eigenvalue weighted by Crippen LogP contribution is 2.40. The van der Waals surface area contributed by atoms with Crippen molar-refractivity contribution in [3.63, 3.8) is 0 Å². The standard InChI is InChI=1S/C24H24FN3O3/c1-2-10-30-24(29)27-18-5-3-4-17(11-18)23-21(13-26)20-9-8-19(31-15-25)12-22(20)28(23)14-16-6-7-16/h3-5,8-9,11-12,16H,2,6-7,10,14-15H2,1H3,(H,27,29). The van der Waals surface area contributed by atoms with Crippen molar-refractivity contribution < 1.29 is 18.7 Å². The van der Waals surface area contributed by atoms with Gasteiger partial charge in [0.25, 0.3) is 0 Å². The summed E-state index contributed by atoms with van der Waals surface area (Å²) < 4.78 is 25.0. The molecule has 0 saturated heterocycles. The van der Waals surface area contributed by atoms with E-state index in [1.54, 1.807) is 24.3 Å².